The van der Waals surface area contributed by atoms with E-state index < -0.39 is 7.15 Å². The summed E-state index contributed by atoms with van der Waals surface area (Å²) in [7, 11) is 1.08. The largest absolute Gasteiger partial charge is 0.329 e. The van der Waals surface area contributed by atoms with Crippen molar-refractivity contribution in [1.82, 2.24) is 28.9 Å². The second-order valence-corrected chi connectivity index (χ2v) is 12.5. The van der Waals surface area contributed by atoms with Crippen molar-refractivity contribution < 1.29 is 5.76 Å². The van der Waals surface area contributed by atoms with Gasteiger partial charge in [-0.3, -0.25) is 14.2 Å². The first kappa shape index (κ1) is 32.5. The highest BCUT2D eigenvalue weighted by Crippen LogP contribution is 2.26. The number of nitrogens with zero attached hydrogens (tertiary/aromatic N) is 7. The van der Waals surface area contributed by atoms with Crippen LogP contribution < -0.4 is 4.90 Å². The Morgan fingerprint density at radius 3 is 1.61 bits per heavy atom. The molecular weight excluding hydrogens is 609 g/mol. The zero-order valence-electron chi connectivity index (χ0n) is 29.3. The summed E-state index contributed by atoms with van der Waals surface area (Å²) in [6.45, 7) is 8.09. The van der Waals surface area contributed by atoms with Gasteiger partial charge in [-0.1, -0.05) is 109 Å². The maximum Gasteiger partial charge on any atom is 0.210 e. The molecule has 2 aliphatic heterocycles. The standard InChI is InChI=1S/C20H22N4.C20H21N3.CH3F/c1-22(18-10-6-3-7-11-18)20-21-14-19-16-23(12-13-24(19)20)15-17-8-4-2-5-9-17;1-3-7-17(8-4-1)13-20-21-14-19-16-22(11-12-23(19)20)15-18-9-5-2-6-10-18;1-2/h2-11,14H,12-13,15-16H2,1H3;1-10,14H,11-13,15-16H2;1H3/i;;1D. The van der Waals surface area contributed by atoms with Gasteiger partial charge in [0.05, 0.1) is 26.1 Å². The number of aromatic nitrogens is 4. The second kappa shape index (κ2) is 16.9. The van der Waals surface area contributed by atoms with E-state index in [1.165, 1.54) is 33.9 Å². The molecule has 252 valence electrons. The van der Waals surface area contributed by atoms with Crippen LogP contribution in [0.3, 0.4) is 0 Å². The molecule has 0 radical (unpaired) electrons. The topological polar surface area (TPSA) is 45.4 Å². The minimum absolute atomic E-state index is 0.916. The molecule has 4 heterocycles. The van der Waals surface area contributed by atoms with Gasteiger partial charge >= 0.3 is 0 Å². The highest BCUT2D eigenvalue weighted by atomic mass is 19.1. The first-order valence-corrected chi connectivity index (χ1v) is 16.9. The van der Waals surface area contributed by atoms with Crippen LogP contribution in [0.25, 0.3) is 0 Å². The van der Waals surface area contributed by atoms with Gasteiger partial charge in [0, 0.05) is 77.7 Å². The first-order chi connectivity index (χ1) is 24.6. The van der Waals surface area contributed by atoms with Crippen molar-refractivity contribution in [2.45, 2.75) is 45.7 Å². The highest BCUT2D eigenvalue weighted by Gasteiger charge is 2.22. The Morgan fingerprint density at radius 1 is 0.612 bits per heavy atom. The number of imidazole rings is 2. The van der Waals surface area contributed by atoms with Crippen molar-refractivity contribution in [1.29, 1.82) is 0 Å². The zero-order valence-corrected chi connectivity index (χ0v) is 28.3. The highest BCUT2D eigenvalue weighted by molar-refractivity contribution is 5.56. The van der Waals surface area contributed by atoms with E-state index in [4.69, 9.17) is 1.37 Å². The summed E-state index contributed by atoms with van der Waals surface area (Å²) in [5, 5.41) is 0. The van der Waals surface area contributed by atoms with Crippen LogP contribution in [0.15, 0.2) is 134 Å². The summed E-state index contributed by atoms with van der Waals surface area (Å²) in [6.07, 6.45) is 4.99. The van der Waals surface area contributed by atoms with E-state index in [9.17, 15) is 4.39 Å². The lowest BCUT2D eigenvalue weighted by Crippen LogP contribution is -2.34. The predicted octanol–water partition coefficient (Wildman–Crippen LogP) is 7.74. The van der Waals surface area contributed by atoms with Crippen molar-refractivity contribution in [2.75, 3.05) is 32.2 Å². The van der Waals surface area contributed by atoms with Crippen LogP contribution in [0.1, 0.15) is 35.3 Å². The van der Waals surface area contributed by atoms with Gasteiger partial charge in [-0.25, -0.2) is 9.97 Å². The summed E-state index contributed by atoms with van der Waals surface area (Å²) in [5.74, 6) is 2.21. The average Bonchev–Trinajstić information content (AvgIpc) is 3.77. The predicted molar refractivity (Wildman–Crippen MR) is 196 cm³/mol. The van der Waals surface area contributed by atoms with Crippen molar-refractivity contribution in [2.24, 2.45) is 0 Å². The number of para-hydroxylation sites is 1. The van der Waals surface area contributed by atoms with Gasteiger partial charge in [0.25, 0.3) is 0 Å². The van der Waals surface area contributed by atoms with Gasteiger partial charge in [-0.15, -0.1) is 0 Å². The van der Waals surface area contributed by atoms with E-state index in [1.807, 2.05) is 12.3 Å². The molecule has 0 aliphatic carbocycles. The van der Waals surface area contributed by atoms with E-state index in [2.05, 4.69) is 162 Å². The molecule has 0 amide bonds. The molecule has 0 saturated heterocycles. The zero-order chi connectivity index (χ0) is 34.5. The quantitative estimate of drug-likeness (QED) is 0.168. The summed E-state index contributed by atoms with van der Waals surface area (Å²) in [6, 6.07) is 42.4. The van der Waals surface area contributed by atoms with Gasteiger partial charge in [0.2, 0.25) is 5.95 Å². The normalized spacial score (nSPS) is 14.3. The number of hydrogen-bond acceptors (Lipinski definition) is 5. The molecule has 6 aromatic rings. The van der Waals surface area contributed by atoms with Crippen molar-refractivity contribution in [3.05, 3.63) is 168 Å². The number of anilines is 2. The fourth-order valence-electron chi connectivity index (χ4n) is 6.63. The van der Waals surface area contributed by atoms with E-state index in [0.29, 0.717) is 0 Å². The second-order valence-electron chi connectivity index (χ2n) is 12.5. The van der Waals surface area contributed by atoms with E-state index in [0.717, 1.165) is 70.4 Å². The van der Waals surface area contributed by atoms with Gasteiger partial charge in [0.1, 0.15) is 5.82 Å². The van der Waals surface area contributed by atoms with Crippen LogP contribution in [0.5, 0.6) is 0 Å². The number of fused-ring (bicyclic) bond motifs is 2. The Kier molecular flexibility index (Phi) is 11.2. The third-order valence-corrected chi connectivity index (χ3v) is 9.14. The summed E-state index contributed by atoms with van der Waals surface area (Å²) in [5.41, 5.74) is 7.86. The van der Waals surface area contributed by atoms with E-state index >= 15 is 0 Å². The maximum absolute atomic E-state index is 9.96. The molecule has 0 spiro atoms. The van der Waals surface area contributed by atoms with E-state index in [-0.39, 0.29) is 0 Å². The Balaban J connectivity index is 0.000000161. The minimum Gasteiger partial charge on any atom is -0.329 e. The van der Waals surface area contributed by atoms with E-state index in [1.54, 1.807) is 0 Å². The van der Waals surface area contributed by atoms with Crippen molar-refractivity contribution in [3.63, 3.8) is 0 Å². The fourth-order valence-corrected chi connectivity index (χ4v) is 6.63. The summed E-state index contributed by atoms with van der Waals surface area (Å²) >= 11 is 0. The van der Waals surface area contributed by atoms with Gasteiger partial charge in [0.15, 0.2) is 0 Å². The SMILES string of the molecule is CN(c1ccccc1)c1ncc2n1CCN(Cc1ccccc1)C2.[2H]CF.c1ccc(Cc2ncc3n2CCN(Cc2ccccc2)C3)cc1. The molecule has 2 aromatic heterocycles. The number of rotatable bonds is 8. The smallest absolute Gasteiger partial charge is 0.210 e. The van der Waals surface area contributed by atoms with Crippen molar-refractivity contribution in [3.8, 4) is 0 Å². The van der Waals surface area contributed by atoms with Crippen LogP contribution in [-0.2, 0) is 45.7 Å². The molecule has 0 fully saturated rings. The number of alkyl halides is 1. The summed E-state index contributed by atoms with van der Waals surface area (Å²) < 4.78 is 20.2. The van der Waals surface area contributed by atoms with Crippen molar-refractivity contribution >= 4 is 11.6 Å². The van der Waals surface area contributed by atoms with Crippen LogP contribution in [0, 0.1) is 0 Å². The molecule has 8 heteroatoms. The Labute approximate surface area is 291 Å². The average molecular weight is 657 g/mol. The van der Waals surface area contributed by atoms with Gasteiger partial charge < -0.3 is 14.0 Å². The molecule has 0 bridgehead atoms. The molecular formula is C41H46FN7. The van der Waals surface area contributed by atoms with Gasteiger partial charge in [-0.2, -0.15) is 0 Å². The number of halogens is 1. The first-order valence-electron chi connectivity index (χ1n) is 17.6. The van der Waals surface area contributed by atoms with Crippen LogP contribution in [0.4, 0.5) is 16.0 Å². The van der Waals surface area contributed by atoms with Gasteiger partial charge in [-0.05, 0) is 28.8 Å². The lowest BCUT2D eigenvalue weighted by atomic mass is 10.1. The molecule has 0 unspecified atom stereocenters. The minimum atomic E-state index is -1.00. The lowest BCUT2D eigenvalue weighted by Gasteiger charge is -2.30. The molecule has 4 aromatic carbocycles. The van der Waals surface area contributed by atoms with Crippen LogP contribution >= 0.6 is 0 Å². The maximum atomic E-state index is 9.96. The number of hydrogen-bond donors (Lipinski definition) is 0. The summed E-state index contributed by atoms with van der Waals surface area (Å²) in [4.78, 5) is 16.5. The molecule has 2 aliphatic rings. The Bertz CT molecular complexity index is 1860. The Morgan fingerprint density at radius 2 is 1.06 bits per heavy atom. The monoisotopic (exact) mass is 656 g/mol. The molecule has 8 rings (SSSR count). The fraction of sp³-hybridized carbons (Fsp3) is 0.268. The molecule has 0 N–H and O–H groups in total. The molecule has 0 atom stereocenters. The molecule has 0 saturated carbocycles. The van der Waals surface area contributed by atoms with Crippen LogP contribution in [-0.4, -0.2) is 56.2 Å². The third-order valence-electron chi connectivity index (χ3n) is 9.14. The third kappa shape index (κ3) is 8.71. The Hall–Kier alpha value is -5.05. The molecule has 7 nitrogen and oxygen atoms in total. The number of benzene rings is 4. The molecule has 49 heavy (non-hydrogen) atoms. The van der Waals surface area contributed by atoms with Crippen LogP contribution in [0.2, 0.25) is 0 Å². The lowest BCUT2D eigenvalue weighted by molar-refractivity contribution is 0.211.